The molecule has 2 fully saturated rings. The van der Waals surface area contributed by atoms with Crippen molar-refractivity contribution in [2.24, 2.45) is 17.8 Å². The Bertz CT molecular complexity index is 893. The van der Waals surface area contributed by atoms with E-state index in [4.69, 9.17) is 4.74 Å². The molecule has 0 spiro atoms. The highest BCUT2D eigenvalue weighted by molar-refractivity contribution is 5.91. The van der Waals surface area contributed by atoms with Gasteiger partial charge in [-0.25, -0.2) is 13.6 Å². The molecule has 2 aliphatic rings. The fraction of sp³-hybridized carbons (Fsp3) is 0.519. The number of benzene rings is 2. The van der Waals surface area contributed by atoms with Crippen molar-refractivity contribution in [1.82, 2.24) is 0 Å². The van der Waals surface area contributed by atoms with E-state index in [1.807, 2.05) is 0 Å². The first-order valence-electron chi connectivity index (χ1n) is 11.8. The number of esters is 1. The monoisotopic (exact) mass is 426 g/mol. The molecule has 0 amide bonds. The molecule has 0 saturated heterocycles. The number of unbranched alkanes of at least 4 members (excludes halogenated alkanes) is 1. The van der Waals surface area contributed by atoms with E-state index in [0.29, 0.717) is 5.92 Å². The zero-order valence-corrected chi connectivity index (χ0v) is 18.3. The lowest BCUT2D eigenvalue weighted by Gasteiger charge is -2.42. The maximum Gasteiger partial charge on any atom is 0.343 e. The molecule has 166 valence electrons. The molecule has 0 N–H and O–H groups in total. The molecular formula is C27H32F2O2. The molecule has 31 heavy (non-hydrogen) atoms. The minimum absolute atomic E-state index is 0.177. The summed E-state index contributed by atoms with van der Waals surface area (Å²) >= 11 is 0. The van der Waals surface area contributed by atoms with Crippen molar-refractivity contribution in [1.29, 1.82) is 0 Å². The van der Waals surface area contributed by atoms with Gasteiger partial charge in [-0.2, -0.15) is 0 Å². The third-order valence-electron chi connectivity index (χ3n) is 7.39. The Morgan fingerprint density at radius 2 is 1.71 bits per heavy atom. The van der Waals surface area contributed by atoms with Crippen LogP contribution in [-0.4, -0.2) is 5.97 Å². The Kier molecular flexibility index (Phi) is 7.04. The lowest BCUT2D eigenvalue weighted by Crippen LogP contribution is -2.30. The molecule has 0 aliphatic heterocycles. The second kappa shape index (κ2) is 9.93. The SMILES string of the molecule is CCCC[C@H]1CC[C@@H]2CC(c3ccc(C(=O)Oc4ccc(F)cc4)cc3F)CC[C@H]2C1. The predicted octanol–water partition coefficient (Wildman–Crippen LogP) is 7.67. The van der Waals surface area contributed by atoms with E-state index in [1.54, 1.807) is 12.1 Å². The number of fused-ring (bicyclic) bond motifs is 1. The minimum Gasteiger partial charge on any atom is -0.423 e. The van der Waals surface area contributed by atoms with Gasteiger partial charge in [0.1, 0.15) is 17.4 Å². The van der Waals surface area contributed by atoms with E-state index in [9.17, 15) is 13.6 Å². The first-order valence-corrected chi connectivity index (χ1v) is 11.8. The normalized spacial score (nSPS) is 25.6. The van der Waals surface area contributed by atoms with Crippen LogP contribution in [0.3, 0.4) is 0 Å². The van der Waals surface area contributed by atoms with Crippen molar-refractivity contribution in [3.8, 4) is 5.75 Å². The maximum absolute atomic E-state index is 15.0. The van der Waals surface area contributed by atoms with Gasteiger partial charge in [-0.3, -0.25) is 0 Å². The number of ether oxygens (including phenoxy) is 1. The molecule has 2 aromatic carbocycles. The van der Waals surface area contributed by atoms with Crippen LogP contribution in [-0.2, 0) is 0 Å². The van der Waals surface area contributed by atoms with E-state index in [-0.39, 0.29) is 23.0 Å². The first-order chi connectivity index (χ1) is 15.0. The van der Waals surface area contributed by atoms with Crippen LogP contribution in [0.5, 0.6) is 5.75 Å². The van der Waals surface area contributed by atoms with Crippen LogP contribution in [0.4, 0.5) is 8.78 Å². The summed E-state index contributed by atoms with van der Waals surface area (Å²) < 4.78 is 33.2. The molecule has 2 nitrogen and oxygen atoms in total. The summed E-state index contributed by atoms with van der Waals surface area (Å²) in [5.41, 5.74) is 0.903. The summed E-state index contributed by atoms with van der Waals surface area (Å²) in [4.78, 5) is 12.3. The summed E-state index contributed by atoms with van der Waals surface area (Å²) in [7, 11) is 0. The molecule has 0 radical (unpaired) electrons. The Labute approximate surface area is 184 Å². The number of rotatable bonds is 6. The molecule has 2 saturated carbocycles. The van der Waals surface area contributed by atoms with Crippen molar-refractivity contribution < 1.29 is 18.3 Å². The maximum atomic E-state index is 15.0. The van der Waals surface area contributed by atoms with Crippen LogP contribution in [0.25, 0.3) is 0 Å². The van der Waals surface area contributed by atoms with Crippen molar-refractivity contribution in [2.75, 3.05) is 0 Å². The Balaban J connectivity index is 1.37. The van der Waals surface area contributed by atoms with Gasteiger partial charge >= 0.3 is 5.97 Å². The average molecular weight is 427 g/mol. The van der Waals surface area contributed by atoms with Gasteiger partial charge in [0.2, 0.25) is 0 Å². The quantitative estimate of drug-likeness (QED) is 0.350. The van der Waals surface area contributed by atoms with Gasteiger partial charge in [0.25, 0.3) is 0 Å². The van der Waals surface area contributed by atoms with Crippen LogP contribution in [0.15, 0.2) is 42.5 Å². The summed E-state index contributed by atoms with van der Waals surface area (Å²) in [6.45, 7) is 2.26. The van der Waals surface area contributed by atoms with E-state index < -0.39 is 11.8 Å². The fourth-order valence-electron chi connectivity index (χ4n) is 5.68. The van der Waals surface area contributed by atoms with Gasteiger partial charge in [0, 0.05) is 0 Å². The largest absolute Gasteiger partial charge is 0.423 e. The van der Waals surface area contributed by atoms with Gasteiger partial charge in [0.15, 0.2) is 0 Å². The number of hydrogen-bond donors (Lipinski definition) is 0. The third kappa shape index (κ3) is 5.34. The van der Waals surface area contributed by atoms with Crippen LogP contribution >= 0.6 is 0 Å². The molecule has 4 atom stereocenters. The highest BCUT2D eigenvalue weighted by Crippen LogP contribution is 2.48. The number of carbonyl (C=O) groups excluding carboxylic acids is 1. The van der Waals surface area contributed by atoms with Crippen LogP contribution < -0.4 is 4.74 Å². The molecule has 2 aliphatic carbocycles. The summed E-state index contributed by atoms with van der Waals surface area (Å²) in [6.07, 6.45) is 11.2. The third-order valence-corrected chi connectivity index (χ3v) is 7.39. The first kappa shape index (κ1) is 22.0. The lowest BCUT2D eigenvalue weighted by molar-refractivity contribution is 0.0734. The molecule has 0 aromatic heterocycles. The highest BCUT2D eigenvalue weighted by atomic mass is 19.1. The molecule has 4 heteroatoms. The van der Waals surface area contributed by atoms with Gasteiger partial charge in [0.05, 0.1) is 5.56 Å². The minimum atomic E-state index is -0.633. The van der Waals surface area contributed by atoms with Crippen molar-refractivity contribution in [3.05, 3.63) is 65.2 Å². The molecule has 2 aromatic rings. The summed E-state index contributed by atoms with van der Waals surface area (Å²) in [5.74, 6) is 1.51. The van der Waals surface area contributed by atoms with Crippen LogP contribution in [0, 0.1) is 29.4 Å². The Morgan fingerprint density at radius 1 is 0.968 bits per heavy atom. The van der Waals surface area contributed by atoms with E-state index in [1.165, 1.54) is 75.3 Å². The molecular weight excluding hydrogens is 394 g/mol. The van der Waals surface area contributed by atoms with E-state index in [0.717, 1.165) is 30.2 Å². The standard InChI is InChI=1S/C27H32F2O2/c1-2-3-4-18-5-6-20-16-21(8-7-19(20)15-18)25-14-9-22(17-26(25)29)27(30)31-24-12-10-23(28)11-13-24/h9-14,17-21H,2-8,15-16H2,1H3/t18-,19-,20+,21?/m0/s1. The van der Waals surface area contributed by atoms with Crippen molar-refractivity contribution >= 4 is 5.97 Å². The Morgan fingerprint density at radius 3 is 2.45 bits per heavy atom. The molecule has 0 heterocycles. The molecule has 1 unspecified atom stereocenters. The van der Waals surface area contributed by atoms with E-state index >= 15 is 0 Å². The van der Waals surface area contributed by atoms with Gasteiger partial charge in [-0.05, 0) is 97.7 Å². The van der Waals surface area contributed by atoms with Crippen molar-refractivity contribution in [2.45, 2.75) is 70.6 Å². The predicted molar refractivity (Wildman–Crippen MR) is 118 cm³/mol. The number of halogens is 2. The van der Waals surface area contributed by atoms with Gasteiger partial charge in [-0.15, -0.1) is 0 Å². The Hall–Kier alpha value is -2.23. The molecule has 0 bridgehead atoms. The molecule has 4 rings (SSSR count). The smallest absolute Gasteiger partial charge is 0.343 e. The second-order valence-electron chi connectivity index (χ2n) is 9.43. The zero-order valence-electron chi connectivity index (χ0n) is 18.3. The topological polar surface area (TPSA) is 26.3 Å². The van der Waals surface area contributed by atoms with Crippen LogP contribution in [0.2, 0.25) is 0 Å². The number of hydrogen-bond acceptors (Lipinski definition) is 2. The van der Waals surface area contributed by atoms with E-state index in [2.05, 4.69) is 6.92 Å². The number of carbonyl (C=O) groups is 1. The second-order valence-corrected chi connectivity index (χ2v) is 9.43. The summed E-state index contributed by atoms with van der Waals surface area (Å²) in [6, 6.07) is 9.90. The van der Waals surface area contributed by atoms with Gasteiger partial charge in [-0.1, -0.05) is 38.7 Å². The highest BCUT2D eigenvalue weighted by Gasteiger charge is 2.36. The average Bonchev–Trinajstić information content (AvgIpc) is 2.78. The van der Waals surface area contributed by atoms with Crippen molar-refractivity contribution in [3.63, 3.8) is 0 Å². The fourth-order valence-corrected chi connectivity index (χ4v) is 5.68. The van der Waals surface area contributed by atoms with Gasteiger partial charge < -0.3 is 4.74 Å². The lowest BCUT2D eigenvalue weighted by atomic mass is 9.63. The zero-order chi connectivity index (χ0) is 21.8. The van der Waals surface area contributed by atoms with Crippen LogP contribution in [0.1, 0.15) is 86.6 Å². The summed E-state index contributed by atoms with van der Waals surface area (Å²) in [5, 5.41) is 0.